The van der Waals surface area contributed by atoms with Gasteiger partial charge in [-0.3, -0.25) is 0 Å². The van der Waals surface area contributed by atoms with Crippen molar-refractivity contribution in [3.63, 3.8) is 0 Å². The number of benzene rings is 2. The third kappa shape index (κ3) is 6.73. The molecule has 0 bridgehead atoms. The molecule has 35 heavy (non-hydrogen) atoms. The summed E-state index contributed by atoms with van der Waals surface area (Å²) in [7, 11) is 0. The van der Waals surface area contributed by atoms with E-state index in [1.54, 1.807) is 30.5 Å². The third-order valence-corrected chi connectivity index (χ3v) is 5.84. The summed E-state index contributed by atoms with van der Waals surface area (Å²) in [5.41, 5.74) is 2.54. The molecule has 2 heterocycles. The number of rotatable bonds is 8. The van der Waals surface area contributed by atoms with E-state index in [1.165, 1.54) is 0 Å². The third-order valence-electron chi connectivity index (χ3n) is 5.84. The molecule has 3 aromatic rings. The average molecular weight is 478 g/mol. The first-order valence-electron chi connectivity index (χ1n) is 11.9. The van der Waals surface area contributed by atoms with E-state index >= 15 is 0 Å². The monoisotopic (exact) mass is 477 g/mol. The minimum Gasteiger partial charge on any atom is -0.493 e. The van der Waals surface area contributed by atoms with Crippen molar-refractivity contribution < 1.29 is 18.6 Å². The van der Waals surface area contributed by atoms with Crippen molar-refractivity contribution in [1.82, 2.24) is 4.98 Å². The molecular formula is C28H32FN3O3. The van der Waals surface area contributed by atoms with E-state index in [4.69, 9.17) is 14.2 Å². The Morgan fingerprint density at radius 2 is 2.06 bits per heavy atom. The highest BCUT2D eigenvalue weighted by atomic mass is 19.1. The highest BCUT2D eigenvalue weighted by Gasteiger charge is 2.14. The van der Waals surface area contributed by atoms with Gasteiger partial charge in [0, 0.05) is 47.8 Å². The minimum absolute atomic E-state index is 0.172. The summed E-state index contributed by atoms with van der Waals surface area (Å²) in [4.78, 5) is 7.55. The van der Waals surface area contributed by atoms with Gasteiger partial charge in [-0.2, -0.15) is 0 Å². The van der Waals surface area contributed by atoms with E-state index in [1.807, 2.05) is 51.1 Å². The van der Waals surface area contributed by atoms with Crippen molar-refractivity contribution in [2.75, 3.05) is 25.1 Å². The molecule has 0 saturated carbocycles. The predicted octanol–water partition coefficient (Wildman–Crippen LogP) is 6.75. The molecule has 1 aromatic heterocycles. The van der Waals surface area contributed by atoms with E-state index in [2.05, 4.69) is 15.3 Å². The normalized spacial score (nSPS) is 15.7. The van der Waals surface area contributed by atoms with Crippen molar-refractivity contribution in [2.45, 2.75) is 33.6 Å². The van der Waals surface area contributed by atoms with Crippen LogP contribution < -0.4 is 14.8 Å². The lowest BCUT2D eigenvalue weighted by Crippen LogP contribution is -2.21. The second-order valence-electron chi connectivity index (χ2n) is 8.63. The standard InChI is InChI=1S/C28H32FN3O3/c1-4-23(35-27-9-8-26-25(28(27)29)16-19(2)31-26)10-13-30-20(3)32-22-6-5-7-24(17-22)34-18-21-11-14-33-15-12-21/h4-10,13,16-17,21,31H,11-12,14-15,18H2,1-3H3,(H,30,32)/b13-10-,23-4-. The van der Waals surface area contributed by atoms with Crippen molar-refractivity contribution in [1.29, 1.82) is 0 Å². The Morgan fingerprint density at radius 1 is 1.23 bits per heavy atom. The summed E-state index contributed by atoms with van der Waals surface area (Å²) >= 11 is 0. The SMILES string of the molecule is C/C=C(/C=C\N=C(C)Nc1cccc(OCC2CCOCC2)c1)Oc1ccc2[nH]c(C)cc2c1F. The van der Waals surface area contributed by atoms with Crippen LogP contribution in [0, 0.1) is 18.7 Å². The fourth-order valence-electron chi connectivity index (χ4n) is 3.94. The number of amidine groups is 1. The fraction of sp³-hybridized carbons (Fsp3) is 0.321. The lowest BCUT2D eigenvalue weighted by atomic mass is 10.0. The molecule has 0 aliphatic carbocycles. The number of nitrogens with zero attached hydrogens (tertiary/aromatic N) is 1. The number of hydrogen-bond donors (Lipinski definition) is 2. The second kappa shape index (κ2) is 11.7. The Balaban J connectivity index is 1.33. The zero-order valence-corrected chi connectivity index (χ0v) is 20.4. The van der Waals surface area contributed by atoms with Gasteiger partial charge in [-0.05, 0) is 82.0 Å². The number of anilines is 1. The zero-order valence-electron chi connectivity index (χ0n) is 20.4. The lowest BCUT2D eigenvalue weighted by molar-refractivity contribution is 0.0497. The molecule has 184 valence electrons. The van der Waals surface area contributed by atoms with Crippen LogP contribution in [0.1, 0.15) is 32.4 Å². The molecule has 2 N–H and O–H groups in total. The van der Waals surface area contributed by atoms with E-state index in [0.29, 0.717) is 29.5 Å². The van der Waals surface area contributed by atoms with Crippen LogP contribution in [0.5, 0.6) is 11.5 Å². The molecule has 0 unspecified atom stereocenters. The number of H-pyrrole nitrogens is 1. The van der Waals surface area contributed by atoms with Crippen LogP contribution in [0.15, 0.2) is 71.6 Å². The highest BCUT2D eigenvalue weighted by Crippen LogP contribution is 2.28. The number of aliphatic imine (C=N–C) groups is 1. The van der Waals surface area contributed by atoms with Gasteiger partial charge < -0.3 is 24.5 Å². The number of aromatic nitrogens is 1. The van der Waals surface area contributed by atoms with Gasteiger partial charge in [0.05, 0.1) is 6.61 Å². The lowest BCUT2D eigenvalue weighted by Gasteiger charge is -2.22. The molecule has 6 nitrogen and oxygen atoms in total. The van der Waals surface area contributed by atoms with Crippen LogP contribution >= 0.6 is 0 Å². The first-order valence-corrected chi connectivity index (χ1v) is 11.9. The maximum absolute atomic E-state index is 14.8. The average Bonchev–Trinajstić information content (AvgIpc) is 3.25. The number of aromatic amines is 1. The largest absolute Gasteiger partial charge is 0.493 e. The number of hydrogen-bond acceptors (Lipinski definition) is 4. The molecule has 0 radical (unpaired) electrons. The van der Waals surface area contributed by atoms with Crippen LogP contribution in [-0.4, -0.2) is 30.6 Å². The predicted molar refractivity (Wildman–Crippen MR) is 139 cm³/mol. The molecular weight excluding hydrogens is 445 g/mol. The van der Waals surface area contributed by atoms with Crippen molar-refractivity contribution in [3.05, 3.63) is 78.1 Å². The number of halogens is 1. The zero-order chi connectivity index (χ0) is 24.6. The van der Waals surface area contributed by atoms with Crippen molar-refractivity contribution in [3.8, 4) is 11.5 Å². The minimum atomic E-state index is -0.389. The van der Waals surface area contributed by atoms with Gasteiger partial charge in [-0.15, -0.1) is 0 Å². The van der Waals surface area contributed by atoms with Crippen LogP contribution in [0.3, 0.4) is 0 Å². The number of ether oxygens (including phenoxy) is 3. The van der Waals surface area contributed by atoms with Crippen LogP contribution in [0.4, 0.5) is 10.1 Å². The van der Waals surface area contributed by atoms with Gasteiger partial charge in [-0.1, -0.05) is 6.07 Å². The summed E-state index contributed by atoms with van der Waals surface area (Å²) < 4.78 is 32.0. The van der Waals surface area contributed by atoms with Gasteiger partial charge in [0.15, 0.2) is 11.6 Å². The Labute approximate surface area is 205 Å². The smallest absolute Gasteiger partial charge is 0.175 e. The van der Waals surface area contributed by atoms with Gasteiger partial charge in [0.2, 0.25) is 0 Å². The maximum atomic E-state index is 14.8. The van der Waals surface area contributed by atoms with Crippen molar-refractivity contribution in [2.24, 2.45) is 10.9 Å². The second-order valence-corrected chi connectivity index (χ2v) is 8.63. The molecule has 1 fully saturated rings. The Hall–Kier alpha value is -3.58. The van der Waals surface area contributed by atoms with E-state index in [-0.39, 0.29) is 11.6 Å². The summed E-state index contributed by atoms with van der Waals surface area (Å²) in [5, 5.41) is 3.78. The van der Waals surface area contributed by atoms with Gasteiger partial charge >= 0.3 is 0 Å². The van der Waals surface area contributed by atoms with E-state index in [0.717, 1.165) is 48.7 Å². The Bertz CT molecular complexity index is 1240. The summed E-state index contributed by atoms with van der Waals surface area (Å²) in [6, 6.07) is 13.0. The van der Waals surface area contributed by atoms with Crippen molar-refractivity contribution >= 4 is 22.4 Å². The molecule has 1 aliphatic rings. The molecule has 1 aliphatic heterocycles. The van der Waals surface area contributed by atoms with Crippen LogP contribution in [0.2, 0.25) is 0 Å². The molecule has 1 saturated heterocycles. The van der Waals surface area contributed by atoms with Crippen LogP contribution in [-0.2, 0) is 4.74 Å². The Kier molecular flexibility index (Phi) is 8.21. The van der Waals surface area contributed by atoms with Crippen LogP contribution in [0.25, 0.3) is 10.9 Å². The molecule has 0 atom stereocenters. The quantitative estimate of drug-likeness (QED) is 0.163. The van der Waals surface area contributed by atoms with E-state index < -0.39 is 0 Å². The van der Waals surface area contributed by atoms with Gasteiger partial charge in [0.1, 0.15) is 17.3 Å². The summed E-state index contributed by atoms with van der Waals surface area (Å²) in [5.74, 6) is 2.35. The fourth-order valence-corrected chi connectivity index (χ4v) is 3.94. The Morgan fingerprint density at radius 3 is 2.86 bits per heavy atom. The molecule has 4 rings (SSSR count). The van der Waals surface area contributed by atoms with E-state index in [9.17, 15) is 4.39 Å². The summed E-state index contributed by atoms with van der Waals surface area (Å²) in [6.45, 7) is 7.93. The molecule has 0 spiro atoms. The number of fused-ring (bicyclic) bond motifs is 1. The number of nitrogens with one attached hydrogen (secondary N) is 2. The topological polar surface area (TPSA) is 67.9 Å². The maximum Gasteiger partial charge on any atom is 0.175 e. The molecule has 2 aromatic carbocycles. The van der Waals surface area contributed by atoms with Gasteiger partial charge in [0.25, 0.3) is 0 Å². The first-order chi connectivity index (χ1) is 17.0. The highest BCUT2D eigenvalue weighted by molar-refractivity contribution is 5.94. The van der Waals surface area contributed by atoms with Gasteiger partial charge in [-0.25, -0.2) is 9.38 Å². The first kappa shape index (κ1) is 24.5. The number of aryl methyl sites for hydroxylation is 1. The summed E-state index contributed by atoms with van der Waals surface area (Å²) in [6.07, 6.45) is 7.17. The molecule has 0 amide bonds. The number of allylic oxidation sites excluding steroid dienone is 2. The molecule has 7 heteroatoms.